The zero-order valence-electron chi connectivity index (χ0n) is 9.02. The van der Waals surface area contributed by atoms with Crippen LogP contribution in [0, 0.1) is 11.3 Å². The Labute approximate surface area is 81.0 Å². The number of ether oxygens (including phenoxy) is 1. The van der Waals surface area contributed by atoms with Gasteiger partial charge in [-0.05, 0) is 30.7 Å². The molecule has 0 amide bonds. The van der Waals surface area contributed by atoms with E-state index >= 15 is 0 Å². The third-order valence-electron chi connectivity index (χ3n) is 3.67. The lowest BCUT2D eigenvalue weighted by atomic mass is 9.69. The molecule has 0 saturated carbocycles. The topological polar surface area (TPSA) is 21.3 Å². The highest BCUT2D eigenvalue weighted by Crippen LogP contribution is 2.44. The lowest BCUT2D eigenvalue weighted by Gasteiger charge is -2.38. The van der Waals surface area contributed by atoms with Crippen molar-refractivity contribution >= 4 is 0 Å². The highest BCUT2D eigenvalue weighted by Gasteiger charge is 2.49. The molecule has 0 aromatic carbocycles. The van der Waals surface area contributed by atoms with Crippen molar-refractivity contribution in [3.8, 4) is 0 Å². The largest absolute Gasteiger partial charge is 0.379 e. The summed E-state index contributed by atoms with van der Waals surface area (Å²) in [7, 11) is 0. The average Bonchev–Trinajstić information content (AvgIpc) is 2.60. The van der Waals surface area contributed by atoms with E-state index in [4.69, 9.17) is 4.74 Å². The Morgan fingerprint density at radius 3 is 2.69 bits per heavy atom. The van der Waals surface area contributed by atoms with Crippen LogP contribution in [-0.4, -0.2) is 25.3 Å². The van der Waals surface area contributed by atoms with E-state index in [9.17, 15) is 0 Å². The van der Waals surface area contributed by atoms with Gasteiger partial charge in [-0.3, -0.25) is 0 Å². The SMILES string of the molecule is CC(C)(C)C1CCN[C@]12CCOC2. The predicted molar refractivity (Wildman–Crippen MR) is 53.7 cm³/mol. The standard InChI is InChI=1S/C11H21NO/c1-10(2,3)9-4-6-12-11(9)5-7-13-8-11/h9,12H,4-8H2,1-3H3/t9?,11-/m0/s1. The summed E-state index contributed by atoms with van der Waals surface area (Å²) in [5.41, 5.74) is 0.732. The van der Waals surface area contributed by atoms with Crippen molar-refractivity contribution in [2.75, 3.05) is 19.8 Å². The fourth-order valence-corrected chi connectivity index (χ4v) is 3.12. The van der Waals surface area contributed by atoms with Crippen molar-refractivity contribution in [3.63, 3.8) is 0 Å². The Morgan fingerprint density at radius 2 is 2.15 bits per heavy atom. The molecule has 1 unspecified atom stereocenters. The van der Waals surface area contributed by atoms with Gasteiger partial charge in [-0.2, -0.15) is 0 Å². The van der Waals surface area contributed by atoms with Gasteiger partial charge in [0.25, 0.3) is 0 Å². The zero-order valence-corrected chi connectivity index (χ0v) is 9.02. The first-order valence-corrected chi connectivity index (χ1v) is 5.37. The minimum absolute atomic E-state index is 0.318. The zero-order chi connectivity index (χ0) is 9.53. The summed E-state index contributed by atoms with van der Waals surface area (Å²) in [5.74, 6) is 0.780. The van der Waals surface area contributed by atoms with E-state index in [1.54, 1.807) is 0 Å². The Hall–Kier alpha value is -0.0800. The normalized spacial score (nSPS) is 40.4. The summed E-state index contributed by atoms with van der Waals surface area (Å²) in [4.78, 5) is 0. The van der Waals surface area contributed by atoms with Gasteiger partial charge in [0.15, 0.2) is 0 Å². The van der Waals surface area contributed by atoms with Gasteiger partial charge in [-0.15, -0.1) is 0 Å². The molecule has 2 heterocycles. The maximum Gasteiger partial charge on any atom is 0.0652 e. The first-order valence-electron chi connectivity index (χ1n) is 5.37. The van der Waals surface area contributed by atoms with Gasteiger partial charge in [-0.1, -0.05) is 20.8 Å². The van der Waals surface area contributed by atoms with Crippen LogP contribution in [0.25, 0.3) is 0 Å². The van der Waals surface area contributed by atoms with Gasteiger partial charge < -0.3 is 10.1 Å². The van der Waals surface area contributed by atoms with Crippen LogP contribution in [0.1, 0.15) is 33.6 Å². The molecule has 2 fully saturated rings. The predicted octanol–water partition coefficient (Wildman–Crippen LogP) is 1.80. The van der Waals surface area contributed by atoms with Crippen molar-refractivity contribution in [1.82, 2.24) is 5.32 Å². The molecule has 0 aromatic rings. The molecule has 13 heavy (non-hydrogen) atoms. The van der Waals surface area contributed by atoms with E-state index < -0.39 is 0 Å². The molecule has 2 aliphatic rings. The Kier molecular flexibility index (Phi) is 2.16. The van der Waals surface area contributed by atoms with Crippen molar-refractivity contribution < 1.29 is 4.74 Å². The van der Waals surface area contributed by atoms with Gasteiger partial charge in [-0.25, -0.2) is 0 Å². The molecule has 0 bridgehead atoms. The number of hydrogen-bond donors (Lipinski definition) is 1. The maximum absolute atomic E-state index is 5.55. The fraction of sp³-hybridized carbons (Fsp3) is 1.00. The number of nitrogens with one attached hydrogen (secondary N) is 1. The molecular formula is C11H21NO. The summed E-state index contributed by atoms with van der Waals surface area (Å²) >= 11 is 0. The average molecular weight is 183 g/mol. The number of hydrogen-bond acceptors (Lipinski definition) is 2. The van der Waals surface area contributed by atoms with E-state index in [2.05, 4.69) is 26.1 Å². The quantitative estimate of drug-likeness (QED) is 0.618. The molecule has 2 heteroatoms. The lowest BCUT2D eigenvalue weighted by molar-refractivity contribution is 0.108. The summed E-state index contributed by atoms with van der Waals surface area (Å²) in [5, 5.41) is 3.66. The van der Waals surface area contributed by atoms with E-state index in [0.29, 0.717) is 11.0 Å². The molecular weight excluding hydrogens is 162 g/mol. The molecule has 76 valence electrons. The van der Waals surface area contributed by atoms with E-state index in [0.717, 1.165) is 19.1 Å². The molecule has 1 N–H and O–H groups in total. The van der Waals surface area contributed by atoms with Crippen LogP contribution in [0.15, 0.2) is 0 Å². The molecule has 2 nitrogen and oxygen atoms in total. The van der Waals surface area contributed by atoms with Gasteiger partial charge >= 0.3 is 0 Å². The molecule has 0 aliphatic carbocycles. The molecule has 0 aromatic heterocycles. The van der Waals surface area contributed by atoms with Crippen molar-refractivity contribution in [3.05, 3.63) is 0 Å². The summed E-state index contributed by atoms with van der Waals surface area (Å²) in [6.45, 7) is 10.1. The monoisotopic (exact) mass is 183 g/mol. The summed E-state index contributed by atoms with van der Waals surface area (Å²) < 4.78 is 5.55. The first kappa shape index (κ1) is 9.47. The second-order valence-corrected chi connectivity index (χ2v) is 5.59. The lowest BCUT2D eigenvalue weighted by Crippen LogP contribution is -2.49. The van der Waals surface area contributed by atoms with Crippen LogP contribution in [0.5, 0.6) is 0 Å². The molecule has 1 spiro atoms. The molecule has 0 radical (unpaired) electrons. The number of rotatable bonds is 0. The van der Waals surface area contributed by atoms with E-state index in [-0.39, 0.29) is 0 Å². The minimum Gasteiger partial charge on any atom is -0.379 e. The maximum atomic E-state index is 5.55. The molecule has 2 atom stereocenters. The minimum atomic E-state index is 0.318. The Morgan fingerprint density at radius 1 is 1.38 bits per heavy atom. The van der Waals surface area contributed by atoms with Crippen LogP contribution >= 0.6 is 0 Å². The van der Waals surface area contributed by atoms with Crippen molar-refractivity contribution in [1.29, 1.82) is 0 Å². The van der Waals surface area contributed by atoms with Gasteiger partial charge in [0, 0.05) is 12.1 Å². The van der Waals surface area contributed by atoms with Gasteiger partial charge in [0.05, 0.1) is 6.61 Å². The molecule has 2 rings (SSSR count). The third kappa shape index (κ3) is 1.50. The van der Waals surface area contributed by atoms with Crippen LogP contribution in [0.4, 0.5) is 0 Å². The summed E-state index contributed by atoms with van der Waals surface area (Å²) in [6.07, 6.45) is 2.52. The molecule has 2 saturated heterocycles. The van der Waals surface area contributed by atoms with Crippen LogP contribution in [0.3, 0.4) is 0 Å². The van der Waals surface area contributed by atoms with Crippen molar-refractivity contribution in [2.24, 2.45) is 11.3 Å². The highest BCUT2D eigenvalue weighted by molar-refractivity contribution is 5.05. The Bertz CT molecular complexity index is 183. The molecule has 2 aliphatic heterocycles. The van der Waals surface area contributed by atoms with E-state index in [1.165, 1.54) is 19.4 Å². The van der Waals surface area contributed by atoms with Gasteiger partial charge in [0.2, 0.25) is 0 Å². The van der Waals surface area contributed by atoms with Crippen LogP contribution < -0.4 is 5.32 Å². The smallest absolute Gasteiger partial charge is 0.0652 e. The highest BCUT2D eigenvalue weighted by atomic mass is 16.5. The fourth-order valence-electron chi connectivity index (χ4n) is 3.12. The van der Waals surface area contributed by atoms with E-state index in [1.807, 2.05) is 0 Å². The Balaban J connectivity index is 2.18. The third-order valence-corrected chi connectivity index (χ3v) is 3.67. The van der Waals surface area contributed by atoms with Gasteiger partial charge in [0.1, 0.15) is 0 Å². The van der Waals surface area contributed by atoms with Crippen molar-refractivity contribution in [2.45, 2.75) is 39.2 Å². The second kappa shape index (κ2) is 2.96. The summed E-state index contributed by atoms with van der Waals surface area (Å²) in [6, 6.07) is 0. The van der Waals surface area contributed by atoms with Crippen LogP contribution in [0.2, 0.25) is 0 Å². The van der Waals surface area contributed by atoms with Crippen LogP contribution in [-0.2, 0) is 4.74 Å². The second-order valence-electron chi connectivity index (χ2n) is 5.59. The first-order chi connectivity index (χ1) is 6.05.